The molecule has 1 aromatic heterocycles. The maximum absolute atomic E-state index is 13.6. The SMILES string of the molecule is CC(C)n1cc(NC(=O)c2cc(Br)ccc2F)cn1. The first-order valence-electron chi connectivity index (χ1n) is 5.78. The van der Waals surface area contributed by atoms with Crippen LogP contribution < -0.4 is 5.32 Å². The van der Waals surface area contributed by atoms with Crippen molar-refractivity contribution in [3.05, 3.63) is 46.4 Å². The van der Waals surface area contributed by atoms with Gasteiger partial charge >= 0.3 is 0 Å². The van der Waals surface area contributed by atoms with E-state index in [1.165, 1.54) is 18.3 Å². The number of hydrogen-bond donors (Lipinski definition) is 1. The number of anilines is 1. The van der Waals surface area contributed by atoms with Crippen LogP contribution in [0.5, 0.6) is 0 Å². The minimum absolute atomic E-state index is 0.00771. The summed E-state index contributed by atoms with van der Waals surface area (Å²) in [7, 11) is 0. The molecule has 0 fully saturated rings. The van der Waals surface area contributed by atoms with Crippen LogP contribution >= 0.6 is 15.9 Å². The van der Waals surface area contributed by atoms with Crippen LogP contribution in [0.1, 0.15) is 30.2 Å². The van der Waals surface area contributed by atoms with Crippen LogP contribution in [-0.4, -0.2) is 15.7 Å². The van der Waals surface area contributed by atoms with E-state index in [9.17, 15) is 9.18 Å². The molecular formula is C13H13BrFN3O. The van der Waals surface area contributed by atoms with E-state index in [0.717, 1.165) is 0 Å². The van der Waals surface area contributed by atoms with Crippen molar-refractivity contribution in [2.75, 3.05) is 5.32 Å². The normalized spacial score (nSPS) is 10.8. The Bertz CT molecular complexity index is 610. The lowest BCUT2D eigenvalue weighted by molar-refractivity contribution is 0.102. The predicted octanol–water partition coefficient (Wildman–Crippen LogP) is 3.62. The molecule has 6 heteroatoms. The van der Waals surface area contributed by atoms with Gasteiger partial charge in [0.2, 0.25) is 0 Å². The molecule has 0 aliphatic heterocycles. The van der Waals surface area contributed by atoms with E-state index in [-0.39, 0.29) is 11.6 Å². The molecule has 0 saturated carbocycles. The molecule has 1 heterocycles. The summed E-state index contributed by atoms with van der Waals surface area (Å²) in [6.07, 6.45) is 3.24. The molecule has 1 aromatic carbocycles. The number of benzene rings is 1. The Hall–Kier alpha value is -1.69. The highest BCUT2D eigenvalue weighted by Gasteiger charge is 2.13. The van der Waals surface area contributed by atoms with E-state index >= 15 is 0 Å². The third kappa shape index (κ3) is 3.20. The summed E-state index contributed by atoms with van der Waals surface area (Å²) in [5, 5.41) is 6.72. The van der Waals surface area contributed by atoms with E-state index in [4.69, 9.17) is 0 Å². The summed E-state index contributed by atoms with van der Waals surface area (Å²) in [6, 6.07) is 4.44. The summed E-state index contributed by atoms with van der Waals surface area (Å²) in [4.78, 5) is 12.0. The number of amides is 1. The molecular weight excluding hydrogens is 313 g/mol. The van der Waals surface area contributed by atoms with Crippen LogP contribution in [0.2, 0.25) is 0 Å². The molecule has 0 aliphatic rings. The molecule has 0 atom stereocenters. The van der Waals surface area contributed by atoms with Crippen LogP contribution in [0.25, 0.3) is 0 Å². The molecule has 4 nitrogen and oxygen atoms in total. The Labute approximate surface area is 118 Å². The average Bonchev–Trinajstić information content (AvgIpc) is 2.80. The molecule has 0 saturated heterocycles. The number of carbonyl (C=O) groups excluding carboxylic acids is 1. The molecule has 0 radical (unpaired) electrons. The Kier molecular flexibility index (Phi) is 3.99. The van der Waals surface area contributed by atoms with Crippen LogP contribution in [0.4, 0.5) is 10.1 Å². The number of aromatic nitrogens is 2. The fourth-order valence-corrected chi connectivity index (χ4v) is 1.92. The van der Waals surface area contributed by atoms with Crippen molar-refractivity contribution in [1.29, 1.82) is 0 Å². The molecule has 1 amide bonds. The Morgan fingerprint density at radius 2 is 2.21 bits per heavy atom. The van der Waals surface area contributed by atoms with Crippen molar-refractivity contribution in [2.24, 2.45) is 0 Å². The van der Waals surface area contributed by atoms with Gasteiger partial charge in [-0.25, -0.2) is 4.39 Å². The van der Waals surface area contributed by atoms with Gasteiger partial charge in [-0.2, -0.15) is 5.10 Å². The van der Waals surface area contributed by atoms with Crippen molar-refractivity contribution in [2.45, 2.75) is 19.9 Å². The number of hydrogen-bond acceptors (Lipinski definition) is 2. The van der Waals surface area contributed by atoms with Crippen LogP contribution in [-0.2, 0) is 0 Å². The van der Waals surface area contributed by atoms with Crippen LogP contribution in [0.3, 0.4) is 0 Å². The maximum Gasteiger partial charge on any atom is 0.258 e. The average molecular weight is 326 g/mol. The minimum atomic E-state index is -0.558. The lowest BCUT2D eigenvalue weighted by Crippen LogP contribution is -2.13. The molecule has 1 N–H and O–H groups in total. The van der Waals surface area contributed by atoms with E-state index in [2.05, 4.69) is 26.3 Å². The van der Waals surface area contributed by atoms with E-state index in [1.54, 1.807) is 16.9 Å². The van der Waals surface area contributed by atoms with E-state index < -0.39 is 11.7 Å². The third-order valence-electron chi connectivity index (χ3n) is 2.56. The fourth-order valence-electron chi connectivity index (χ4n) is 1.55. The van der Waals surface area contributed by atoms with E-state index in [1.807, 2.05) is 13.8 Å². The molecule has 2 rings (SSSR count). The molecule has 0 spiro atoms. The Balaban J connectivity index is 2.18. The highest BCUT2D eigenvalue weighted by atomic mass is 79.9. The van der Waals surface area contributed by atoms with Gasteiger partial charge < -0.3 is 5.32 Å². The van der Waals surface area contributed by atoms with Crippen molar-refractivity contribution in [1.82, 2.24) is 9.78 Å². The topological polar surface area (TPSA) is 46.9 Å². The lowest BCUT2D eigenvalue weighted by atomic mass is 10.2. The fraction of sp³-hybridized carbons (Fsp3) is 0.231. The molecule has 100 valence electrons. The predicted molar refractivity (Wildman–Crippen MR) is 74.7 cm³/mol. The first-order valence-corrected chi connectivity index (χ1v) is 6.57. The zero-order chi connectivity index (χ0) is 14.0. The van der Waals surface area contributed by atoms with Crippen molar-refractivity contribution < 1.29 is 9.18 Å². The van der Waals surface area contributed by atoms with Crippen LogP contribution in [0.15, 0.2) is 35.1 Å². The minimum Gasteiger partial charge on any atom is -0.319 e. The number of carbonyl (C=O) groups is 1. The summed E-state index contributed by atoms with van der Waals surface area (Å²) in [5.41, 5.74) is 0.532. The molecule has 19 heavy (non-hydrogen) atoms. The van der Waals surface area contributed by atoms with Gasteiger partial charge in [-0.05, 0) is 32.0 Å². The first-order chi connectivity index (χ1) is 8.97. The largest absolute Gasteiger partial charge is 0.319 e. The smallest absolute Gasteiger partial charge is 0.258 e. The van der Waals surface area contributed by atoms with Gasteiger partial charge in [0.15, 0.2) is 0 Å². The number of halogens is 2. The second-order valence-electron chi connectivity index (χ2n) is 4.38. The zero-order valence-corrected chi connectivity index (χ0v) is 12.1. The summed E-state index contributed by atoms with van der Waals surface area (Å²) in [6.45, 7) is 3.96. The van der Waals surface area contributed by atoms with Gasteiger partial charge in [-0.1, -0.05) is 15.9 Å². The summed E-state index contributed by atoms with van der Waals surface area (Å²) in [5.74, 6) is -1.06. The van der Waals surface area contributed by atoms with Gasteiger partial charge in [-0.15, -0.1) is 0 Å². The van der Waals surface area contributed by atoms with Gasteiger partial charge in [0.05, 0.1) is 17.4 Å². The Morgan fingerprint density at radius 3 is 2.84 bits per heavy atom. The second-order valence-corrected chi connectivity index (χ2v) is 5.30. The van der Waals surface area contributed by atoms with Crippen LogP contribution in [0, 0.1) is 5.82 Å². The first kappa shape index (κ1) is 13.7. The third-order valence-corrected chi connectivity index (χ3v) is 3.05. The number of nitrogens with one attached hydrogen (secondary N) is 1. The van der Waals surface area contributed by atoms with Gasteiger partial charge in [0, 0.05) is 16.7 Å². The second kappa shape index (κ2) is 5.52. The molecule has 2 aromatic rings. The monoisotopic (exact) mass is 325 g/mol. The summed E-state index contributed by atoms with van der Waals surface area (Å²) < 4.78 is 15.9. The highest BCUT2D eigenvalue weighted by molar-refractivity contribution is 9.10. The number of nitrogens with zero attached hydrogens (tertiary/aromatic N) is 2. The zero-order valence-electron chi connectivity index (χ0n) is 10.5. The molecule has 0 unspecified atom stereocenters. The quantitative estimate of drug-likeness (QED) is 0.936. The summed E-state index contributed by atoms with van der Waals surface area (Å²) >= 11 is 3.21. The lowest BCUT2D eigenvalue weighted by Gasteiger charge is -2.05. The molecule has 0 bridgehead atoms. The Morgan fingerprint density at radius 1 is 1.47 bits per heavy atom. The van der Waals surface area contributed by atoms with Crippen molar-refractivity contribution in [3.8, 4) is 0 Å². The standard InChI is InChI=1S/C13H13BrFN3O/c1-8(2)18-7-10(6-16-18)17-13(19)11-5-9(14)3-4-12(11)15/h3-8H,1-2H3,(H,17,19). The van der Waals surface area contributed by atoms with Gasteiger partial charge in [0.1, 0.15) is 5.82 Å². The highest BCUT2D eigenvalue weighted by Crippen LogP contribution is 2.17. The number of rotatable bonds is 3. The van der Waals surface area contributed by atoms with Crippen molar-refractivity contribution >= 4 is 27.5 Å². The van der Waals surface area contributed by atoms with Gasteiger partial charge in [0.25, 0.3) is 5.91 Å². The van der Waals surface area contributed by atoms with E-state index in [0.29, 0.717) is 10.2 Å². The maximum atomic E-state index is 13.6. The van der Waals surface area contributed by atoms with Gasteiger partial charge in [-0.3, -0.25) is 9.48 Å². The molecule has 0 aliphatic carbocycles. The van der Waals surface area contributed by atoms with Crippen molar-refractivity contribution in [3.63, 3.8) is 0 Å².